The standard InChI is InChI=1S/C48H44N2.C46H40N2.C40H20F8N2/c1-29-17-9-11-19-37(29)39-27-42(46-32(4)26-34(6)48(36(46)8)44-22-14-16-24-50-44)40(38-20-12-10-18-30(38)2)28-41(39)45-31(3)25-33(5)47(35(45)7)43-21-13-15-23-49-43;1-29-25-31(3)45(41-21-13-15-23-47-41)33(5)43(29)39-27-38(36-19-11-8-12-20-36)40(28-37(39)35-17-9-7-10-18-35)44-30(2)26-32(4)46(34(44)6)42-22-14-16-24-48-42;41-33-29(35(43)39(47)37(45)31(33)27-15-7-9-17-49-27)25-20-24(22-13-5-2-6-14-22)26(19-23(25)21-11-3-1-4-12-21)30-34(42)32(28-16-8-10-18-50-28)38(46)40(48)36(30)44/h9-28H,1-8H3;7-28H,1-6H3;1-20H. The van der Waals surface area contributed by atoms with Crippen LogP contribution in [0.2, 0.25) is 0 Å². The van der Waals surface area contributed by atoms with Crippen molar-refractivity contribution < 1.29 is 35.1 Å². The van der Waals surface area contributed by atoms with Crippen LogP contribution >= 0.6 is 0 Å². The number of halogens is 8. The van der Waals surface area contributed by atoms with Gasteiger partial charge in [-0.25, -0.2) is 35.1 Å². The zero-order chi connectivity index (χ0) is 104. The molecular formula is C134H104F8N6. The van der Waals surface area contributed by atoms with E-state index in [4.69, 9.17) is 19.9 Å². The molecule has 0 saturated carbocycles. The highest BCUT2D eigenvalue weighted by Crippen LogP contribution is 2.55. The van der Waals surface area contributed by atoms with Crippen LogP contribution in [-0.4, -0.2) is 29.9 Å². The van der Waals surface area contributed by atoms with Crippen LogP contribution in [0.15, 0.2) is 377 Å². The van der Waals surface area contributed by atoms with Gasteiger partial charge in [0.2, 0.25) is 0 Å². The third-order valence-corrected chi connectivity index (χ3v) is 28.2. The molecule has 21 aromatic rings. The molecule has 0 amide bonds. The van der Waals surface area contributed by atoms with E-state index in [0.29, 0.717) is 0 Å². The van der Waals surface area contributed by atoms with Gasteiger partial charge in [0, 0.05) is 59.4 Å². The molecular weight excluding hydrogens is 1850 g/mol. The number of rotatable bonds is 18. The van der Waals surface area contributed by atoms with Crippen molar-refractivity contribution >= 4 is 0 Å². The van der Waals surface area contributed by atoms with Gasteiger partial charge in [-0.15, -0.1) is 0 Å². The van der Waals surface area contributed by atoms with Crippen LogP contribution in [0.25, 0.3) is 201 Å². The molecule has 6 nitrogen and oxygen atoms in total. The van der Waals surface area contributed by atoms with Gasteiger partial charge in [-0.1, -0.05) is 231 Å². The predicted molar refractivity (Wildman–Crippen MR) is 590 cm³/mol. The fourth-order valence-electron chi connectivity index (χ4n) is 21.9. The summed E-state index contributed by atoms with van der Waals surface area (Å²) in [6.07, 6.45) is 9.99. The minimum absolute atomic E-state index is 0.0982. The van der Waals surface area contributed by atoms with E-state index in [2.05, 4.69) is 313 Å². The Balaban J connectivity index is 0.000000140. The smallest absolute Gasteiger partial charge is 0.195 e. The lowest BCUT2D eigenvalue weighted by atomic mass is 9.78. The van der Waals surface area contributed by atoms with Gasteiger partial charge in [0.25, 0.3) is 0 Å². The second-order valence-corrected chi connectivity index (χ2v) is 37.8. The molecule has 0 bridgehead atoms. The maximum atomic E-state index is 16.6. The lowest BCUT2D eigenvalue weighted by Gasteiger charge is -2.25. The van der Waals surface area contributed by atoms with Crippen molar-refractivity contribution in [3.8, 4) is 201 Å². The molecule has 0 aliphatic heterocycles. The number of nitrogens with zero attached hydrogens (tertiary/aromatic N) is 6. The molecule has 15 aromatic carbocycles. The van der Waals surface area contributed by atoms with E-state index in [1.807, 2.05) is 49.1 Å². The summed E-state index contributed by atoms with van der Waals surface area (Å²) in [4.78, 5) is 27.0. The molecule has 0 aliphatic rings. The first-order valence-electron chi connectivity index (χ1n) is 49.2. The second-order valence-electron chi connectivity index (χ2n) is 37.8. The average molecular weight is 1950 g/mol. The molecule has 726 valence electrons. The maximum Gasteiger partial charge on any atom is 0.195 e. The molecule has 0 N–H and O–H groups in total. The molecule has 21 rings (SSSR count). The Morgan fingerprint density at radius 1 is 0.128 bits per heavy atom. The highest BCUT2D eigenvalue weighted by atomic mass is 19.2. The van der Waals surface area contributed by atoms with Crippen molar-refractivity contribution in [2.24, 2.45) is 0 Å². The first kappa shape index (κ1) is 99.4. The van der Waals surface area contributed by atoms with Gasteiger partial charge in [-0.05, 0) is 406 Å². The van der Waals surface area contributed by atoms with E-state index in [1.54, 1.807) is 36.4 Å². The molecule has 148 heavy (non-hydrogen) atoms. The largest absolute Gasteiger partial charge is 0.256 e. The zero-order valence-electron chi connectivity index (χ0n) is 84.5. The van der Waals surface area contributed by atoms with Gasteiger partial charge in [0.1, 0.15) is 11.6 Å². The average Bonchev–Trinajstić information content (AvgIpc) is 0.741. The highest BCUT2D eigenvalue weighted by Gasteiger charge is 2.36. The SMILES string of the molecule is Cc1cc(C)c(-c2cc(-c3ccccc3)c(-c3c(C)cc(C)c(-c4ccccn4)c3C)cc2-c2ccccc2)c(C)c1-c1ccccn1.Cc1ccccc1-c1cc(-c2c(C)cc(C)c(-c3ccccn3)c2C)c(-c2ccccc2C)cc1-c1c(C)cc(C)c(-c2ccccn2)c1C.Fc1c(F)c(-c2ccccn2)c(F)c(-c2cc(-c3ccccc3)c(-c3c(F)c(F)c(F)c(-c4ccccn4)c3F)cc2-c2ccccc2)c1F. The number of aryl methyl sites for hydroxylation is 10. The number of hydrogen-bond acceptors (Lipinski definition) is 6. The van der Waals surface area contributed by atoms with Gasteiger partial charge in [-0.3, -0.25) is 29.9 Å². The molecule has 0 atom stereocenters. The Labute approximate surface area is 858 Å². The van der Waals surface area contributed by atoms with E-state index >= 15 is 35.1 Å². The number of hydrogen-bond donors (Lipinski definition) is 0. The monoisotopic (exact) mass is 1950 g/mol. The van der Waals surface area contributed by atoms with Gasteiger partial charge >= 0.3 is 0 Å². The van der Waals surface area contributed by atoms with Crippen molar-refractivity contribution in [2.75, 3.05) is 0 Å². The van der Waals surface area contributed by atoms with Gasteiger partial charge in [0.15, 0.2) is 34.9 Å². The third kappa shape index (κ3) is 18.9. The summed E-state index contributed by atoms with van der Waals surface area (Å²) in [6.45, 7) is 31.3. The number of aromatic nitrogens is 6. The van der Waals surface area contributed by atoms with Crippen LogP contribution in [0.1, 0.15) is 77.9 Å². The quantitative estimate of drug-likeness (QED) is 0.0484. The van der Waals surface area contributed by atoms with E-state index in [-0.39, 0.29) is 44.8 Å². The summed E-state index contributed by atoms with van der Waals surface area (Å²) in [5, 5.41) is 0. The topological polar surface area (TPSA) is 77.3 Å². The zero-order valence-corrected chi connectivity index (χ0v) is 84.5. The van der Waals surface area contributed by atoms with Crippen LogP contribution < -0.4 is 0 Å². The van der Waals surface area contributed by atoms with Crippen LogP contribution in [0.4, 0.5) is 35.1 Å². The minimum atomic E-state index is -1.98. The van der Waals surface area contributed by atoms with Gasteiger partial charge < -0.3 is 0 Å². The van der Waals surface area contributed by atoms with Crippen LogP contribution in [0, 0.1) is 143 Å². The molecule has 0 fully saturated rings. The lowest BCUT2D eigenvalue weighted by Crippen LogP contribution is -2.07. The number of pyridine rings is 6. The lowest BCUT2D eigenvalue weighted by molar-refractivity contribution is 0.439. The molecule has 0 spiro atoms. The maximum absolute atomic E-state index is 16.6. The Morgan fingerprint density at radius 3 is 0.534 bits per heavy atom. The first-order valence-corrected chi connectivity index (χ1v) is 49.2. The first-order chi connectivity index (χ1) is 71.7. The minimum Gasteiger partial charge on any atom is -0.256 e. The predicted octanol–water partition coefficient (Wildman–Crippen LogP) is 36.9. The summed E-state index contributed by atoms with van der Waals surface area (Å²) in [6, 6.07) is 109. The molecule has 6 heterocycles. The summed E-state index contributed by atoms with van der Waals surface area (Å²) >= 11 is 0. The van der Waals surface area contributed by atoms with E-state index in [9.17, 15) is 0 Å². The summed E-state index contributed by atoms with van der Waals surface area (Å²) in [5.41, 5.74) is 41.1. The summed E-state index contributed by atoms with van der Waals surface area (Å²) < 4.78 is 126. The van der Waals surface area contributed by atoms with Crippen LogP contribution in [0.5, 0.6) is 0 Å². The Hall–Kier alpha value is -17.4. The van der Waals surface area contributed by atoms with E-state index in [0.717, 1.165) is 34.9 Å². The fourth-order valence-corrected chi connectivity index (χ4v) is 21.9. The van der Waals surface area contributed by atoms with Gasteiger partial charge in [0.05, 0.1) is 56.4 Å². The molecule has 0 radical (unpaired) electrons. The Kier molecular flexibility index (Phi) is 28.5. The summed E-state index contributed by atoms with van der Waals surface area (Å²) in [5.74, 6) is -14.3. The molecule has 0 aliphatic carbocycles. The van der Waals surface area contributed by atoms with Crippen molar-refractivity contribution in [1.82, 2.24) is 29.9 Å². The second kappa shape index (κ2) is 42.5. The highest BCUT2D eigenvalue weighted by molar-refractivity contribution is 6.04. The summed E-state index contributed by atoms with van der Waals surface area (Å²) in [7, 11) is 0. The van der Waals surface area contributed by atoms with Crippen molar-refractivity contribution in [3.63, 3.8) is 0 Å². The molecule has 6 aromatic heterocycles. The van der Waals surface area contributed by atoms with Crippen LogP contribution in [-0.2, 0) is 0 Å². The third-order valence-electron chi connectivity index (χ3n) is 28.2. The number of benzene rings is 15. The fraction of sp³-hybridized carbons (Fsp3) is 0.104. The van der Waals surface area contributed by atoms with E-state index < -0.39 is 68.8 Å². The normalized spacial score (nSPS) is 11.2. The van der Waals surface area contributed by atoms with Crippen molar-refractivity contribution in [3.05, 3.63) is 501 Å². The van der Waals surface area contributed by atoms with Crippen molar-refractivity contribution in [1.29, 1.82) is 0 Å². The van der Waals surface area contributed by atoms with E-state index in [1.165, 1.54) is 262 Å². The molecule has 0 saturated heterocycles. The molecule has 0 unspecified atom stereocenters. The molecule has 14 heteroatoms. The van der Waals surface area contributed by atoms with Crippen LogP contribution in [0.3, 0.4) is 0 Å². The van der Waals surface area contributed by atoms with Gasteiger partial charge in [-0.2, -0.15) is 0 Å². The Morgan fingerprint density at radius 2 is 0.311 bits per heavy atom. The van der Waals surface area contributed by atoms with Crippen molar-refractivity contribution in [2.45, 2.75) is 96.9 Å². The Bertz CT molecular complexity index is 8130.